The van der Waals surface area contributed by atoms with Crippen molar-refractivity contribution in [3.8, 4) is 6.07 Å². The number of hydrogen-bond acceptors (Lipinski definition) is 4. The Balaban J connectivity index is 1.92. The van der Waals surface area contributed by atoms with Crippen molar-refractivity contribution in [2.24, 2.45) is 5.16 Å². The number of aryl methyl sites for hydroxylation is 1. The summed E-state index contributed by atoms with van der Waals surface area (Å²) in [7, 11) is 0. The molecule has 1 amide bonds. The average molecular weight is 307 g/mol. The minimum Gasteiger partial charge on any atom is -0.383 e. The molecule has 5 nitrogen and oxygen atoms in total. The molecule has 2 aromatic rings. The Hall–Kier alpha value is -3.13. The monoisotopic (exact) mass is 307 g/mol. The Morgan fingerprint density at radius 1 is 1.26 bits per heavy atom. The molecule has 2 rings (SSSR count). The molecule has 0 unspecified atom stereocenters. The van der Waals surface area contributed by atoms with Gasteiger partial charge in [-0.25, -0.2) is 0 Å². The fourth-order valence-corrected chi connectivity index (χ4v) is 1.81. The van der Waals surface area contributed by atoms with Crippen LogP contribution in [0.25, 0.3) is 0 Å². The zero-order valence-electron chi connectivity index (χ0n) is 13.0. The van der Waals surface area contributed by atoms with Crippen LogP contribution < -0.4 is 5.32 Å². The molecule has 0 aliphatic rings. The summed E-state index contributed by atoms with van der Waals surface area (Å²) in [5, 5.41) is 15.5. The lowest BCUT2D eigenvalue weighted by Crippen LogP contribution is -2.26. The summed E-state index contributed by atoms with van der Waals surface area (Å²) in [6.45, 7) is 3.60. The van der Waals surface area contributed by atoms with E-state index in [9.17, 15) is 4.79 Å². The Morgan fingerprint density at radius 3 is 2.65 bits per heavy atom. The Morgan fingerprint density at radius 2 is 1.96 bits per heavy atom. The van der Waals surface area contributed by atoms with Gasteiger partial charge >= 0.3 is 0 Å². The summed E-state index contributed by atoms with van der Waals surface area (Å²) in [4.78, 5) is 17.2. The molecule has 0 bridgehead atoms. The van der Waals surface area contributed by atoms with Gasteiger partial charge in [0.05, 0.1) is 17.5 Å². The first-order valence-corrected chi connectivity index (χ1v) is 7.16. The molecule has 0 saturated carbocycles. The van der Waals surface area contributed by atoms with Crippen LogP contribution in [0.3, 0.4) is 0 Å². The second kappa shape index (κ2) is 7.76. The molecule has 0 spiro atoms. The van der Waals surface area contributed by atoms with Gasteiger partial charge in [0.25, 0.3) is 5.91 Å². The number of nitrogens with one attached hydrogen (secondary N) is 1. The van der Waals surface area contributed by atoms with Crippen LogP contribution in [0.5, 0.6) is 0 Å². The van der Waals surface area contributed by atoms with Crippen molar-refractivity contribution in [1.29, 1.82) is 5.26 Å². The summed E-state index contributed by atoms with van der Waals surface area (Å²) in [6.07, 6.45) is 0.773. The zero-order valence-corrected chi connectivity index (χ0v) is 13.0. The van der Waals surface area contributed by atoms with E-state index in [1.165, 1.54) is 0 Å². The van der Waals surface area contributed by atoms with Crippen molar-refractivity contribution in [2.45, 2.75) is 20.0 Å². The molecule has 0 aliphatic carbocycles. The number of nitrogens with zero attached hydrogens (tertiary/aromatic N) is 2. The number of rotatable bonds is 5. The van der Waals surface area contributed by atoms with Crippen LogP contribution >= 0.6 is 0 Å². The number of para-hydroxylation sites is 1. The molecule has 23 heavy (non-hydrogen) atoms. The maximum atomic E-state index is 12.0. The van der Waals surface area contributed by atoms with Gasteiger partial charge < -0.3 is 10.2 Å². The van der Waals surface area contributed by atoms with Gasteiger partial charge in [-0.05, 0) is 31.5 Å². The van der Waals surface area contributed by atoms with Gasteiger partial charge in [-0.3, -0.25) is 4.79 Å². The first-order chi connectivity index (χ1) is 11.1. The first kappa shape index (κ1) is 16.2. The van der Waals surface area contributed by atoms with E-state index in [4.69, 9.17) is 10.1 Å². The van der Waals surface area contributed by atoms with Gasteiger partial charge in [-0.1, -0.05) is 47.1 Å². The minimum atomic E-state index is -0.775. The van der Waals surface area contributed by atoms with Crippen LogP contribution in [0.4, 0.5) is 5.69 Å². The second-order valence-corrected chi connectivity index (χ2v) is 5.04. The molecule has 0 heterocycles. The summed E-state index contributed by atoms with van der Waals surface area (Å²) in [5.41, 5.74) is 2.90. The highest BCUT2D eigenvalue weighted by Gasteiger charge is 2.15. The fourth-order valence-electron chi connectivity index (χ4n) is 1.81. The third-order valence-electron chi connectivity index (χ3n) is 3.17. The van der Waals surface area contributed by atoms with E-state index in [2.05, 4.69) is 10.5 Å². The van der Waals surface area contributed by atoms with E-state index in [0.29, 0.717) is 11.3 Å². The van der Waals surface area contributed by atoms with E-state index in [0.717, 1.165) is 11.1 Å². The number of nitriles is 1. The summed E-state index contributed by atoms with van der Waals surface area (Å²) >= 11 is 0. The number of carbonyl (C=O) groups excluding carboxylic acids is 1. The van der Waals surface area contributed by atoms with Crippen LogP contribution in [0, 0.1) is 18.3 Å². The Labute approximate surface area is 135 Å². The van der Waals surface area contributed by atoms with Crippen LogP contribution in [0.1, 0.15) is 23.6 Å². The van der Waals surface area contributed by atoms with Crippen LogP contribution in [0.15, 0.2) is 53.7 Å². The largest absolute Gasteiger partial charge is 0.383 e. The third kappa shape index (κ3) is 4.68. The summed E-state index contributed by atoms with van der Waals surface area (Å²) in [5.74, 6) is -0.367. The molecule has 0 aromatic heterocycles. The predicted molar refractivity (Wildman–Crippen MR) is 89.1 cm³/mol. The Bertz CT molecular complexity index is 746. The standard InChI is InChI=1S/C18H17N3O2/c1-13-7-9-15(10-8-13)12-20-23-14(2)18(22)21-17-6-4-3-5-16(17)11-19/h3-10,12,14H,1-2H3,(H,21,22)/b20-12-/t14-/m0/s1. The molecule has 0 saturated heterocycles. The number of oxime groups is 1. The molecule has 116 valence electrons. The number of amides is 1. The number of hydrogen-bond donors (Lipinski definition) is 1. The lowest BCUT2D eigenvalue weighted by Gasteiger charge is -2.11. The van der Waals surface area contributed by atoms with Gasteiger partial charge in [0.1, 0.15) is 6.07 Å². The van der Waals surface area contributed by atoms with E-state index in [1.54, 1.807) is 37.4 Å². The molecule has 2 aromatic carbocycles. The summed E-state index contributed by atoms with van der Waals surface area (Å²) in [6, 6.07) is 16.6. The van der Waals surface area contributed by atoms with Gasteiger partial charge in [-0.15, -0.1) is 0 Å². The predicted octanol–water partition coefficient (Wildman–Crippen LogP) is 3.24. The lowest BCUT2D eigenvalue weighted by atomic mass is 10.2. The van der Waals surface area contributed by atoms with Crippen molar-refractivity contribution >= 4 is 17.8 Å². The van der Waals surface area contributed by atoms with E-state index in [1.807, 2.05) is 37.3 Å². The van der Waals surface area contributed by atoms with Crippen molar-refractivity contribution < 1.29 is 9.63 Å². The molecule has 1 atom stereocenters. The SMILES string of the molecule is Cc1ccc(/C=N\O[C@@H](C)C(=O)Nc2ccccc2C#N)cc1. The highest BCUT2D eigenvalue weighted by molar-refractivity contribution is 5.95. The highest BCUT2D eigenvalue weighted by atomic mass is 16.6. The van der Waals surface area contributed by atoms with Crippen molar-refractivity contribution in [3.05, 3.63) is 65.2 Å². The normalized spacial score (nSPS) is 11.7. The minimum absolute atomic E-state index is 0.367. The molecular weight excluding hydrogens is 290 g/mol. The summed E-state index contributed by atoms with van der Waals surface area (Å²) < 4.78 is 0. The first-order valence-electron chi connectivity index (χ1n) is 7.16. The van der Waals surface area contributed by atoms with Crippen LogP contribution in [-0.4, -0.2) is 18.2 Å². The van der Waals surface area contributed by atoms with Gasteiger partial charge in [-0.2, -0.15) is 5.26 Å². The molecule has 1 N–H and O–H groups in total. The van der Waals surface area contributed by atoms with E-state index in [-0.39, 0.29) is 5.91 Å². The molecular formula is C18H17N3O2. The quantitative estimate of drug-likeness (QED) is 0.680. The molecule has 0 aliphatic heterocycles. The van der Waals surface area contributed by atoms with E-state index >= 15 is 0 Å². The van der Waals surface area contributed by atoms with Gasteiger partial charge in [0.2, 0.25) is 6.10 Å². The molecule has 5 heteroatoms. The van der Waals surface area contributed by atoms with Crippen molar-refractivity contribution in [1.82, 2.24) is 0 Å². The maximum Gasteiger partial charge on any atom is 0.268 e. The number of carbonyl (C=O) groups is 1. The number of anilines is 1. The Kier molecular flexibility index (Phi) is 5.48. The molecule has 0 radical (unpaired) electrons. The smallest absolute Gasteiger partial charge is 0.268 e. The molecule has 0 fully saturated rings. The number of benzene rings is 2. The van der Waals surface area contributed by atoms with Gasteiger partial charge in [0, 0.05) is 0 Å². The second-order valence-electron chi connectivity index (χ2n) is 5.04. The topological polar surface area (TPSA) is 74.5 Å². The van der Waals surface area contributed by atoms with Crippen molar-refractivity contribution in [2.75, 3.05) is 5.32 Å². The van der Waals surface area contributed by atoms with E-state index < -0.39 is 6.10 Å². The van der Waals surface area contributed by atoms with Gasteiger partial charge in [0.15, 0.2) is 0 Å². The fraction of sp³-hybridized carbons (Fsp3) is 0.167. The average Bonchev–Trinajstić information content (AvgIpc) is 2.57. The van der Waals surface area contributed by atoms with Crippen molar-refractivity contribution in [3.63, 3.8) is 0 Å². The lowest BCUT2D eigenvalue weighted by molar-refractivity contribution is -0.126. The van der Waals surface area contributed by atoms with Crippen LogP contribution in [-0.2, 0) is 9.63 Å². The van der Waals surface area contributed by atoms with Crippen LogP contribution in [0.2, 0.25) is 0 Å². The maximum absolute atomic E-state index is 12.0. The zero-order chi connectivity index (χ0) is 16.7. The third-order valence-corrected chi connectivity index (χ3v) is 3.17. The highest BCUT2D eigenvalue weighted by Crippen LogP contribution is 2.14.